The predicted octanol–water partition coefficient (Wildman–Crippen LogP) is 4.91. The standard InChI is InChI=1S/C15H10ClF3N2O/c1-22-13-5-2-8(6-10(13)16)14-20-11-4-3-9(15(17,18)19)7-12(11)21-14/h2-7H,1H3,(H,20,21). The van der Waals surface area contributed by atoms with Crippen LogP contribution >= 0.6 is 11.6 Å². The molecule has 7 heteroatoms. The summed E-state index contributed by atoms with van der Waals surface area (Å²) in [6.07, 6.45) is -4.39. The van der Waals surface area contributed by atoms with Gasteiger partial charge in [-0.3, -0.25) is 0 Å². The fraction of sp³-hybridized carbons (Fsp3) is 0.133. The Morgan fingerprint density at radius 1 is 1.14 bits per heavy atom. The molecule has 0 fully saturated rings. The second-order valence-corrected chi connectivity index (χ2v) is 5.07. The summed E-state index contributed by atoms with van der Waals surface area (Å²) >= 11 is 6.05. The molecule has 114 valence electrons. The number of ether oxygens (including phenoxy) is 1. The minimum Gasteiger partial charge on any atom is -0.495 e. The third-order valence-corrected chi connectivity index (χ3v) is 3.53. The van der Waals surface area contributed by atoms with E-state index in [2.05, 4.69) is 9.97 Å². The van der Waals surface area contributed by atoms with Gasteiger partial charge in [0.15, 0.2) is 0 Å². The van der Waals surface area contributed by atoms with Crippen molar-refractivity contribution in [2.75, 3.05) is 7.11 Å². The summed E-state index contributed by atoms with van der Waals surface area (Å²) in [6.45, 7) is 0. The van der Waals surface area contributed by atoms with Crippen LogP contribution < -0.4 is 4.74 Å². The van der Waals surface area contributed by atoms with Gasteiger partial charge in [-0.15, -0.1) is 0 Å². The van der Waals surface area contributed by atoms with Gasteiger partial charge in [0.1, 0.15) is 11.6 Å². The van der Waals surface area contributed by atoms with Crippen LogP contribution in [0.3, 0.4) is 0 Å². The number of hydrogen-bond donors (Lipinski definition) is 1. The predicted molar refractivity (Wildman–Crippen MR) is 78.1 cm³/mol. The number of nitrogens with one attached hydrogen (secondary N) is 1. The van der Waals surface area contributed by atoms with Gasteiger partial charge in [-0.05, 0) is 36.4 Å². The number of methoxy groups -OCH3 is 1. The normalized spacial score (nSPS) is 11.9. The number of H-pyrrole nitrogens is 1. The van der Waals surface area contributed by atoms with Crippen LogP contribution in [0.2, 0.25) is 5.02 Å². The minimum absolute atomic E-state index is 0.316. The van der Waals surface area contributed by atoms with Crippen LogP contribution in [0.4, 0.5) is 13.2 Å². The van der Waals surface area contributed by atoms with Crippen molar-refractivity contribution in [1.29, 1.82) is 0 Å². The lowest BCUT2D eigenvalue weighted by atomic mass is 10.2. The number of aromatic amines is 1. The molecule has 0 saturated heterocycles. The Labute approximate surface area is 128 Å². The molecule has 0 radical (unpaired) electrons. The van der Waals surface area contributed by atoms with Crippen molar-refractivity contribution < 1.29 is 17.9 Å². The van der Waals surface area contributed by atoms with Crippen molar-refractivity contribution >= 4 is 22.6 Å². The number of rotatable bonds is 2. The van der Waals surface area contributed by atoms with Crippen LogP contribution in [-0.2, 0) is 6.18 Å². The lowest BCUT2D eigenvalue weighted by molar-refractivity contribution is -0.137. The molecule has 0 saturated carbocycles. The highest BCUT2D eigenvalue weighted by atomic mass is 35.5. The van der Waals surface area contributed by atoms with Crippen LogP contribution in [-0.4, -0.2) is 17.1 Å². The highest BCUT2D eigenvalue weighted by molar-refractivity contribution is 6.32. The largest absolute Gasteiger partial charge is 0.495 e. The Kier molecular flexibility index (Phi) is 3.48. The first-order chi connectivity index (χ1) is 10.4. The SMILES string of the molecule is COc1ccc(-c2nc3ccc(C(F)(F)F)cc3[nH]2)cc1Cl. The third kappa shape index (κ3) is 2.62. The van der Waals surface area contributed by atoms with Crippen LogP contribution in [0, 0.1) is 0 Å². The molecule has 22 heavy (non-hydrogen) atoms. The lowest BCUT2D eigenvalue weighted by Gasteiger charge is -2.05. The van der Waals surface area contributed by atoms with E-state index >= 15 is 0 Å². The fourth-order valence-electron chi connectivity index (χ4n) is 2.14. The smallest absolute Gasteiger partial charge is 0.416 e. The van der Waals surface area contributed by atoms with E-state index in [1.165, 1.54) is 13.2 Å². The van der Waals surface area contributed by atoms with Gasteiger partial charge in [-0.1, -0.05) is 11.6 Å². The van der Waals surface area contributed by atoms with Gasteiger partial charge in [0.05, 0.1) is 28.7 Å². The zero-order chi connectivity index (χ0) is 15.9. The van der Waals surface area contributed by atoms with Crippen molar-refractivity contribution in [1.82, 2.24) is 9.97 Å². The average molecular weight is 327 g/mol. The number of hydrogen-bond acceptors (Lipinski definition) is 2. The maximum absolute atomic E-state index is 12.7. The first kappa shape index (κ1) is 14.7. The number of halogens is 4. The summed E-state index contributed by atoms with van der Waals surface area (Å²) in [6, 6.07) is 8.43. The monoisotopic (exact) mass is 326 g/mol. The number of alkyl halides is 3. The third-order valence-electron chi connectivity index (χ3n) is 3.23. The Morgan fingerprint density at radius 3 is 2.55 bits per heavy atom. The van der Waals surface area contributed by atoms with E-state index in [9.17, 15) is 13.2 Å². The molecule has 1 aromatic heterocycles. The summed E-state index contributed by atoms with van der Waals surface area (Å²) in [5.74, 6) is 0.958. The van der Waals surface area contributed by atoms with Crippen molar-refractivity contribution in [2.45, 2.75) is 6.18 Å². The molecule has 0 spiro atoms. The first-order valence-corrected chi connectivity index (χ1v) is 6.67. The number of benzene rings is 2. The molecule has 3 aromatic rings. The summed E-state index contributed by atoms with van der Waals surface area (Å²) in [5, 5.41) is 0.399. The van der Waals surface area contributed by atoms with Crippen LogP contribution in [0.1, 0.15) is 5.56 Å². The van der Waals surface area contributed by atoms with E-state index in [1.54, 1.807) is 18.2 Å². The second-order valence-electron chi connectivity index (χ2n) is 4.66. The zero-order valence-corrected chi connectivity index (χ0v) is 12.1. The quantitative estimate of drug-likeness (QED) is 0.726. The van der Waals surface area contributed by atoms with E-state index in [0.29, 0.717) is 33.2 Å². The average Bonchev–Trinajstić information content (AvgIpc) is 2.89. The molecular weight excluding hydrogens is 317 g/mol. The van der Waals surface area contributed by atoms with Gasteiger partial charge in [0.2, 0.25) is 0 Å². The zero-order valence-electron chi connectivity index (χ0n) is 11.3. The molecule has 0 unspecified atom stereocenters. The Balaban J connectivity index is 2.07. The molecule has 1 N–H and O–H groups in total. The van der Waals surface area contributed by atoms with E-state index in [4.69, 9.17) is 16.3 Å². The van der Waals surface area contributed by atoms with E-state index in [0.717, 1.165) is 12.1 Å². The van der Waals surface area contributed by atoms with E-state index < -0.39 is 11.7 Å². The summed E-state index contributed by atoms with van der Waals surface area (Å²) < 4.78 is 43.2. The number of aromatic nitrogens is 2. The molecule has 0 aliphatic heterocycles. The van der Waals surface area contributed by atoms with Gasteiger partial charge in [0.25, 0.3) is 0 Å². The topological polar surface area (TPSA) is 37.9 Å². The summed E-state index contributed by atoms with van der Waals surface area (Å²) in [7, 11) is 1.50. The van der Waals surface area contributed by atoms with Gasteiger partial charge >= 0.3 is 6.18 Å². The molecule has 0 atom stereocenters. The Bertz CT molecular complexity index is 842. The van der Waals surface area contributed by atoms with Crippen molar-refractivity contribution in [3.8, 4) is 17.1 Å². The molecule has 0 aliphatic rings. The maximum Gasteiger partial charge on any atom is 0.416 e. The summed E-state index contributed by atoms with van der Waals surface area (Å²) in [4.78, 5) is 7.16. The molecule has 0 amide bonds. The van der Waals surface area contributed by atoms with Crippen molar-refractivity contribution in [3.63, 3.8) is 0 Å². The molecule has 0 bridgehead atoms. The molecule has 3 nitrogen and oxygen atoms in total. The Morgan fingerprint density at radius 2 is 1.91 bits per heavy atom. The highest BCUT2D eigenvalue weighted by Crippen LogP contribution is 2.33. The summed E-state index contributed by atoms with van der Waals surface area (Å²) in [5.41, 5.74) is 0.713. The van der Waals surface area contributed by atoms with Crippen LogP contribution in [0.15, 0.2) is 36.4 Å². The van der Waals surface area contributed by atoms with Crippen LogP contribution in [0.5, 0.6) is 5.75 Å². The maximum atomic E-state index is 12.7. The first-order valence-electron chi connectivity index (χ1n) is 6.29. The van der Waals surface area contributed by atoms with Crippen molar-refractivity contribution in [2.24, 2.45) is 0 Å². The van der Waals surface area contributed by atoms with Gasteiger partial charge in [0, 0.05) is 5.56 Å². The van der Waals surface area contributed by atoms with Crippen LogP contribution in [0.25, 0.3) is 22.4 Å². The fourth-order valence-corrected chi connectivity index (χ4v) is 2.39. The second kappa shape index (κ2) is 5.21. The van der Waals surface area contributed by atoms with E-state index in [-0.39, 0.29) is 0 Å². The molecule has 0 aliphatic carbocycles. The van der Waals surface area contributed by atoms with Crippen molar-refractivity contribution in [3.05, 3.63) is 47.0 Å². The number of fused-ring (bicyclic) bond motifs is 1. The Hall–Kier alpha value is -2.21. The lowest BCUT2D eigenvalue weighted by Crippen LogP contribution is -2.04. The highest BCUT2D eigenvalue weighted by Gasteiger charge is 2.30. The molecule has 2 aromatic carbocycles. The van der Waals surface area contributed by atoms with Gasteiger partial charge < -0.3 is 9.72 Å². The van der Waals surface area contributed by atoms with Gasteiger partial charge in [-0.25, -0.2) is 4.98 Å². The minimum atomic E-state index is -4.39. The number of nitrogens with zero attached hydrogens (tertiary/aromatic N) is 1. The molecular formula is C15H10ClF3N2O. The molecule has 1 heterocycles. The van der Waals surface area contributed by atoms with E-state index in [1.807, 2.05) is 0 Å². The molecule has 3 rings (SSSR count). The number of imidazole rings is 1. The van der Waals surface area contributed by atoms with Gasteiger partial charge in [-0.2, -0.15) is 13.2 Å².